The molecule has 2 rings (SSSR count). The van der Waals surface area contributed by atoms with Gasteiger partial charge in [0.2, 0.25) is 0 Å². The van der Waals surface area contributed by atoms with Crippen LogP contribution in [-0.4, -0.2) is 11.1 Å². The highest BCUT2D eigenvalue weighted by molar-refractivity contribution is 14.1. The van der Waals surface area contributed by atoms with Crippen molar-refractivity contribution < 1.29 is 9.90 Å². The Balaban J connectivity index is 2.54. The fourth-order valence-electron chi connectivity index (χ4n) is 1.08. The van der Waals surface area contributed by atoms with E-state index in [1.165, 1.54) is 14.9 Å². The molecule has 2 heterocycles. The summed E-state index contributed by atoms with van der Waals surface area (Å²) in [4.78, 5) is 13.5. The molecule has 0 atom stereocenters. The number of aromatic carboxylic acids is 1. The van der Waals surface area contributed by atoms with Gasteiger partial charge in [0.25, 0.3) is 0 Å². The van der Waals surface area contributed by atoms with Crippen LogP contribution in [0.5, 0.6) is 0 Å². The molecular formula is C9H4I2O2S2. The number of carboxylic acid groups (broad SMARTS) is 1. The van der Waals surface area contributed by atoms with Crippen molar-refractivity contribution in [1.29, 1.82) is 0 Å². The second-order valence-corrected chi connectivity index (χ2v) is 6.98. The van der Waals surface area contributed by atoms with Crippen LogP contribution in [0.2, 0.25) is 0 Å². The van der Waals surface area contributed by atoms with Crippen LogP contribution in [-0.2, 0) is 0 Å². The molecule has 0 unspecified atom stereocenters. The predicted octanol–water partition coefficient (Wildman–Crippen LogP) is 4.38. The molecule has 15 heavy (non-hydrogen) atoms. The highest BCUT2D eigenvalue weighted by Gasteiger charge is 2.16. The topological polar surface area (TPSA) is 37.3 Å². The molecule has 0 saturated carbocycles. The van der Waals surface area contributed by atoms with Crippen molar-refractivity contribution in [1.82, 2.24) is 0 Å². The normalized spacial score (nSPS) is 10.5. The lowest BCUT2D eigenvalue weighted by atomic mass is 10.4. The molecule has 6 heteroatoms. The smallest absolute Gasteiger partial charge is 0.345 e. The molecule has 78 valence electrons. The van der Waals surface area contributed by atoms with Gasteiger partial charge in [-0.2, -0.15) is 0 Å². The Morgan fingerprint density at radius 3 is 2.47 bits per heavy atom. The lowest BCUT2D eigenvalue weighted by Gasteiger charge is -1.94. The molecule has 2 nitrogen and oxygen atoms in total. The molecular weight excluding hydrogens is 458 g/mol. The van der Waals surface area contributed by atoms with Crippen LogP contribution < -0.4 is 0 Å². The summed E-state index contributed by atoms with van der Waals surface area (Å²) in [6.45, 7) is 0. The number of thiophene rings is 2. The van der Waals surface area contributed by atoms with Crippen molar-refractivity contribution >= 4 is 73.8 Å². The number of rotatable bonds is 2. The highest BCUT2D eigenvalue weighted by Crippen LogP contribution is 2.39. The van der Waals surface area contributed by atoms with E-state index in [2.05, 4.69) is 45.2 Å². The maximum atomic E-state index is 10.8. The first-order valence-corrected chi connectivity index (χ1v) is 7.71. The standard InChI is InChI=1S/C9H4I2O2S2/c10-4-1-2-14-7(4)8-5(11)3-6(15-8)9(12)13/h1-3H,(H,12,13). The van der Waals surface area contributed by atoms with Gasteiger partial charge in [-0.15, -0.1) is 22.7 Å². The molecule has 0 aromatic carbocycles. The van der Waals surface area contributed by atoms with E-state index in [9.17, 15) is 4.79 Å². The SMILES string of the molecule is O=C(O)c1cc(I)c(-c2sccc2I)s1. The van der Waals surface area contributed by atoms with Gasteiger partial charge < -0.3 is 5.11 Å². The second-order valence-electron chi connectivity index (χ2n) is 2.69. The highest BCUT2D eigenvalue weighted by atomic mass is 127. The molecule has 0 amide bonds. The Bertz CT molecular complexity index is 516. The van der Waals surface area contributed by atoms with Gasteiger partial charge in [-0.3, -0.25) is 0 Å². The minimum Gasteiger partial charge on any atom is -0.477 e. The Labute approximate surface area is 122 Å². The summed E-state index contributed by atoms with van der Waals surface area (Å²) in [5, 5.41) is 10.9. The van der Waals surface area contributed by atoms with E-state index in [4.69, 9.17) is 5.11 Å². The van der Waals surface area contributed by atoms with Crippen molar-refractivity contribution in [3.8, 4) is 9.75 Å². The number of hydrogen-bond donors (Lipinski definition) is 1. The average Bonchev–Trinajstić information content (AvgIpc) is 2.71. The lowest BCUT2D eigenvalue weighted by molar-refractivity contribution is 0.0702. The zero-order valence-electron chi connectivity index (χ0n) is 7.16. The third kappa shape index (κ3) is 2.37. The van der Waals surface area contributed by atoms with Crippen molar-refractivity contribution in [2.24, 2.45) is 0 Å². The second kappa shape index (κ2) is 4.68. The predicted molar refractivity (Wildman–Crippen MR) is 80.0 cm³/mol. The number of hydrogen-bond acceptors (Lipinski definition) is 3. The van der Waals surface area contributed by atoms with Gasteiger partial charge in [-0.1, -0.05) is 0 Å². The van der Waals surface area contributed by atoms with Gasteiger partial charge in [-0.25, -0.2) is 4.79 Å². The van der Waals surface area contributed by atoms with E-state index >= 15 is 0 Å². The fraction of sp³-hybridized carbons (Fsp3) is 0. The first-order valence-electron chi connectivity index (χ1n) is 3.85. The summed E-state index contributed by atoms with van der Waals surface area (Å²) in [7, 11) is 0. The van der Waals surface area contributed by atoms with Gasteiger partial charge in [0.05, 0.1) is 9.75 Å². The monoisotopic (exact) mass is 462 g/mol. The van der Waals surface area contributed by atoms with Crippen molar-refractivity contribution in [2.75, 3.05) is 0 Å². The van der Waals surface area contributed by atoms with Crippen molar-refractivity contribution in [2.45, 2.75) is 0 Å². The van der Waals surface area contributed by atoms with Gasteiger partial charge in [-0.05, 0) is 62.7 Å². The van der Waals surface area contributed by atoms with Crippen LogP contribution >= 0.6 is 67.9 Å². The Kier molecular flexibility index (Phi) is 3.68. The number of halogens is 2. The van der Waals surface area contributed by atoms with E-state index < -0.39 is 5.97 Å². The number of carbonyl (C=O) groups is 1. The van der Waals surface area contributed by atoms with Crippen molar-refractivity contribution in [3.63, 3.8) is 0 Å². The summed E-state index contributed by atoms with van der Waals surface area (Å²) < 4.78 is 2.18. The first-order chi connectivity index (χ1) is 7.09. The molecule has 0 aliphatic rings. The molecule has 0 aliphatic heterocycles. The Morgan fingerprint density at radius 2 is 2.00 bits per heavy atom. The molecule has 0 radical (unpaired) electrons. The minimum atomic E-state index is -0.851. The van der Waals surface area contributed by atoms with Gasteiger partial charge in [0.15, 0.2) is 0 Å². The largest absolute Gasteiger partial charge is 0.477 e. The van der Waals surface area contributed by atoms with Crippen molar-refractivity contribution in [3.05, 3.63) is 29.5 Å². The van der Waals surface area contributed by atoms with Crippen LogP contribution in [0.1, 0.15) is 9.67 Å². The third-order valence-corrected chi connectivity index (χ3v) is 6.40. The molecule has 0 aliphatic carbocycles. The quantitative estimate of drug-likeness (QED) is 0.673. The molecule has 1 N–H and O–H groups in total. The molecule has 2 aromatic rings. The molecule has 0 saturated heterocycles. The third-order valence-electron chi connectivity index (χ3n) is 1.72. The maximum Gasteiger partial charge on any atom is 0.345 e. The Morgan fingerprint density at radius 1 is 1.27 bits per heavy atom. The Hall–Kier alpha value is 0.330. The summed E-state index contributed by atoms with van der Waals surface area (Å²) in [6, 6.07) is 3.76. The van der Waals surface area contributed by atoms with Gasteiger partial charge >= 0.3 is 5.97 Å². The van der Waals surface area contributed by atoms with Crippen LogP contribution in [0.25, 0.3) is 9.75 Å². The number of carboxylic acids is 1. The average molecular weight is 462 g/mol. The molecule has 0 bridgehead atoms. The van der Waals surface area contributed by atoms with Gasteiger partial charge in [0.1, 0.15) is 4.88 Å². The molecule has 0 fully saturated rings. The molecule has 0 spiro atoms. The lowest BCUT2D eigenvalue weighted by Crippen LogP contribution is -1.89. The van der Waals surface area contributed by atoms with E-state index in [0.29, 0.717) is 4.88 Å². The van der Waals surface area contributed by atoms with Gasteiger partial charge in [0, 0.05) is 7.14 Å². The summed E-state index contributed by atoms with van der Waals surface area (Å²) in [5.41, 5.74) is 0. The minimum absolute atomic E-state index is 0.401. The first kappa shape index (κ1) is 11.8. The van der Waals surface area contributed by atoms with E-state index in [1.54, 1.807) is 17.4 Å². The summed E-state index contributed by atoms with van der Waals surface area (Å²) in [6.07, 6.45) is 0. The zero-order valence-corrected chi connectivity index (χ0v) is 13.1. The summed E-state index contributed by atoms with van der Waals surface area (Å²) in [5.74, 6) is -0.851. The maximum absolute atomic E-state index is 10.8. The molecule has 2 aromatic heterocycles. The summed E-state index contributed by atoms with van der Waals surface area (Å²) >= 11 is 7.44. The zero-order chi connectivity index (χ0) is 11.0. The van der Waals surface area contributed by atoms with Crippen LogP contribution in [0.3, 0.4) is 0 Å². The van der Waals surface area contributed by atoms with Crippen LogP contribution in [0, 0.1) is 7.14 Å². The van der Waals surface area contributed by atoms with Crippen LogP contribution in [0.4, 0.5) is 0 Å². The van der Waals surface area contributed by atoms with E-state index in [-0.39, 0.29) is 0 Å². The van der Waals surface area contributed by atoms with E-state index in [0.717, 1.165) is 13.3 Å². The van der Waals surface area contributed by atoms with Crippen LogP contribution in [0.15, 0.2) is 17.5 Å². The fourth-order valence-corrected chi connectivity index (χ4v) is 5.50. The van der Waals surface area contributed by atoms with E-state index in [1.807, 2.05) is 11.4 Å².